The van der Waals surface area contributed by atoms with E-state index < -0.39 is 5.97 Å². The summed E-state index contributed by atoms with van der Waals surface area (Å²) in [5, 5.41) is 12.1. The molecule has 0 aliphatic rings. The van der Waals surface area contributed by atoms with Crippen molar-refractivity contribution in [2.45, 2.75) is 13.0 Å². The summed E-state index contributed by atoms with van der Waals surface area (Å²) in [5.74, 6) is -1.23. The summed E-state index contributed by atoms with van der Waals surface area (Å²) in [6.45, 7) is 0.432. The fraction of sp³-hybridized carbons (Fsp3) is 0.154. The van der Waals surface area contributed by atoms with Crippen LogP contribution in [-0.4, -0.2) is 11.1 Å². The van der Waals surface area contributed by atoms with Crippen LogP contribution in [0.3, 0.4) is 0 Å². The van der Waals surface area contributed by atoms with Gasteiger partial charge >= 0.3 is 5.97 Å². The molecule has 1 aromatic heterocycles. The lowest BCUT2D eigenvalue weighted by molar-refractivity contribution is -0.136. The first-order chi connectivity index (χ1) is 9.04. The second-order valence-electron chi connectivity index (χ2n) is 3.92. The van der Waals surface area contributed by atoms with E-state index in [9.17, 15) is 9.18 Å². The van der Waals surface area contributed by atoms with Gasteiger partial charge in [-0.3, -0.25) is 4.79 Å². The highest BCUT2D eigenvalue weighted by Crippen LogP contribution is 2.22. The minimum Gasteiger partial charge on any atom is -0.481 e. The number of anilines is 1. The predicted molar refractivity (Wildman–Crippen MR) is 74.4 cm³/mol. The van der Waals surface area contributed by atoms with Crippen molar-refractivity contribution in [2.24, 2.45) is 0 Å². The molecule has 1 heterocycles. The van der Waals surface area contributed by atoms with Gasteiger partial charge < -0.3 is 10.4 Å². The van der Waals surface area contributed by atoms with Crippen molar-refractivity contribution in [2.75, 3.05) is 5.32 Å². The molecule has 0 atom stereocenters. The zero-order valence-electron chi connectivity index (χ0n) is 9.82. The molecule has 0 spiro atoms. The SMILES string of the molecule is O=C(O)Cc1ccc(CNc2cc(Cl)ccc2F)s1. The van der Waals surface area contributed by atoms with Gasteiger partial charge in [-0.05, 0) is 30.3 Å². The number of hydrogen-bond donors (Lipinski definition) is 2. The topological polar surface area (TPSA) is 49.3 Å². The molecule has 0 aliphatic carbocycles. The van der Waals surface area contributed by atoms with Gasteiger partial charge in [-0.15, -0.1) is 11.3 Å². The van der Waals surface area contributed by atoms with Gasteiger partial charge in [-0.25, -0.2) is 4.39 Å². The van der Waals surface area contributed by atoms with Crippen LogP contribution in [0.2, 0.25) is 5.02 Å². The third kappa shape index (κ3) is 3.94. The monoisotopic (exact) mass is 299 g/mol. The standard InChI is InChI=1S/C13H11ClFNO2S/c14-8-1-4-11(15)12(5-8)16-7-10-3-2-9(19-10)6-13(17)18/h1-5,16H,6-7H2,(H,17,18). The number of carboxylic acid groups (broad SMARTS) is 1. The Morgan fingerprint density at radius 1 is 1.32 bits per heavy atom. The highest BCUT2D eigenvalue weighted by Gasteiger charge is 2.06. The number of rotatable bonds is 5. The average Bonchev–Trinajstić information content (AvgIpc) is 2.77. The molecular weight excluding hydrogens is 289 g/mol. The second kappa shape index (κ2) is 6.04. The maximum absolute atomic E-state index is 13.5. The summed E-state index contributed by atoms with van der Waals surface area (Å²) in [6, 6.07) is 7.90. The lowest BCUT2D eigenvalue weighted by Gasteiger charge is -2.06. The predicted octanol–water partition coefficient (Wildman–Crippen LogP) is 3.78. The van der Waals surface area contributed by atoms with Crippen LogP contribution in [0.1, 0.15) is 9.75 Å². The smallest absolute Gasteiger partial charge is 0.308 e. The number of benzene rings is 1. The van der Waals surface area contributed by atoms with E-state index in [2.05, 4.69) is 5.32 Å². The number of halogens is 2. The minimum absolute atomic E-state index is 0.0101. The molecule has 1 aromatic carbocycles. The summed E-state index contributed by atoms with van der Waals surface area (Å²) in [5.41, 5.74) is 0.334. The molecule has 0 saturated carbocycles. The molecule has 6 heteroatoms. The maximum Gasteiger partial charge on any atom is 0.308 e. The molecule has 0 saturated heterocycles. The molecule has 100 valence electrons. The number of carbonyl (C=O) groups is 1. The van der Waals surface area contributed by atoms with Gasteiger partial charge in [-0.1, -0.05) is 11.6 Å². The Labute approximate surface area is 118 Å². The van der Waals surface area contributed by atoms with E-state index in [1.807, 2.05) is 6.07 Å². The van der Waals surface area contributed by atoms with Crippen LogP contribution in [0.25, 0.3) is 0 Å². The first kappa shape index (κ1) is 13.8. The quantitative estimate of drug-likeness (QED) is 0.883. The van der Waals surface area contributed by atoms with Gasteiger partial charge in [0.25, 0.3) is 0 Å². The Kier molecular flexibility index (Phi) is 4.39. The maximum atomic E-state index is 13.5. The van der Waals surface area contributed by atoms with E-state index in [-0.39, 0.29) is 12.2 Å². The van der Waals surface area contributed by atoms with Crippen molar-refractivity contribution in [1.82, 2.24) is 0 Å². The van der Waals surface area contributed by atoms with Gasteiger partial charge in [0.1, 0.15) is 5.82 Å². The molecular formula is C13H11ClFNO2S. The lowest BCUT2D eigenvalue weighted by atomic mass is 10.3. The molecule has 2 aromatic rings. The summed E-state index contributed by atoms with van der Waals surface area (Å²) < 4.78 is 13.5. The zero-order chi connectivity index (χ0) is 13.8. The van der Waals surface area contributed by atoms with Crippen LogP contribution in [0, 0.1) is 5.82 Å². The van der Waals surface area contributed by atoms with E-state index in [4.69, 9.17) is 16.7 Å². The fourth-order valence-electron chi connectivity index (χ4n) is 1.58. The molecule has 2 rings (SSSR count). The largest absolute Gasteiger partial charge is 0.481 e. The number of thiophene rings is 1. The molecule has 0 amide bonds. The molecule has 19 heavy (non-hydrogen) atoms. The van der Waals surface area contributed by atoms with E-state index in [1.165, 1.54) is 29.5 Å². The lowest BCUT2D eigenvalue weighted by Crippen LogP contribution is -1.99. The Balaban J connectivity index is 2.00. The summed E-state index contributed by atoms with van der Waals surface area (Å²) >= 11 is 7.18. The van der Waals surface area contributed by atoms with E-state index in [0.29, 0.717) is 17.3 Å². The first-order valence-corrected chi connectivity index (χ1v) is 6.72. The van der Waals surface area contributed by atoms with Crippen LogP contribution in [-0.2, 0) is 17.8 Å². The van der Waals surface area contributed by atoms with Gasteiger partial charge in [0.2, 0.25) is 0 Å². The minimum atomic E-state index is -0.859. The van der Waals surface area contributed by atoms with Crippen molar-refractivity contribution < 1.29 is 14.3 Å². The van der Waals surface area contributed by atoms with Gasteiger partial charge in [0, 0.05) is 21.3 Å². The van der Waals surface area contributed by atoms with Crippen LogP contribution in [0.15, 0.2) is 30.3 Å². The fourth-order valence-corrected chi connectivity index (χ4v) is 2.70. The molecule has 0 aliphatic heterocycles. The highest BCUT2D eigenvalue weighted by atomic mass is 35.5. The second-order valence-corrected chi connectivity index (χ2v) is 5.61. The molecule has 0 unspecified atom stereocenters. The first-order valence-electron chi connectivity index (χ1n) is 5.53. The summed E-state index contributed by atoms with van der Waals surface area (Å²) in [4.78, 5) is 12.3. The van der Waals surface area contributed by atoms with Crippen molar-refractivity contribution in [3.63, 3.8) is 0 Å². The molecule has 0 fully saturated rings. The third-order valence-electron chi connectivity index (χ3n) is 2.42. The average molecular weight is 300 g/mol. The van der Waals surface area contributed by atoms with Crippen LogP contribution >= 0.6 is 22.9 Å². The molecule has 0 radical (unpaired) electrons. The summed E-state index contributed by atoms with van der Waals surface area (Å²) in [6.07, 6.45) is 0.0101. The molecule has 2 N–H and O–H groups in total. The van der Waals surface area contributed by atoms with Crippen molar-refractivity contribution >= 4 is 34.6 Å². The van der Waals surface area contributed by atoms with Crippen molar-refractivity contribution in [3.8, 4) is 0 Å². The highest BCUT2D eigenvalue weighted by molar-refractivity contribution is 7.12. The normalized spacial score (nSPS) is 10.4. The Hall–Kier alpha value is -1.59. The van der Waals surface area contributed by atoms with E-state index >= 15 is 0 Å². The van der Waals surface area contributed by atoms with Gasteiger partial charge in [0.05, 0.1) is 12.1 Å². The Bertz CT molecular complexity index is 600. The third-order valence-corrected chi connectivity index (χ3v) is 3.74. The molecule has 0 bridgehead atoms. The van der Waals surface area contributed by atoms with Gasteiger partial charge in [-0.2, -0.15) is 0 Å². The Morgan fingerprint density at radius 3 is 2.79 bits per heavy atom. The van der Waals surface area contributed by atoms with Crippen LogP contribution in [0.4, 0.5) is 10.1 Å². The number of carboxylic acids is 1. The van der Waals surface area contributed by atoms with Crippen LogP contribution in [0.5, 0.6) is 0 Å². The van der Waals surface area contributed by atoms with Crippen molar-refractivity contribution in [3.05, 3.63) is 50.9 Å². The van der Waals surface area contributed by atoms with Gasteiger partial charge in [0.15, 0.2) is 0 Å². The van der Waals surface area contributed by atoms with Crippen molar-refractivity contribution in [1.29, 1.82) is 0 Å². The zero-order valence-corrected chi connectivity index (χ0v) is 11.4. The molecule has 3 nitrogen and oxygen atoms in total. The van der Waals surface area contributed by atoms with E-state index in [0.717, 1.165) is 9.75 Å². The number of hydrogen-bond acceptors (Lipinski definition) is 3. The number of nitrogens with one attached hydrogen (secondary N) is 1. The Morgan fingerprint density at radius 2 is 2.05 bits per heavy atom. The summed E-state index contributed by atoms with van der Waals surface area (Å²) in [7, 11) is 0. The van der Waals surface area contributed by atoms with E-state index in [1.54, 1.807) is 6.07 Å². The van der Waals surface area contributed by atoms with Crippen LogP contribution < -0.4 is 5.32 Å². The number of aliphatic carboxylic acids is 1.